The van der Waals surface area contributed by atoms with Gasteiger partial charge >= 0.3 is 6.18 Å². The Kier molecular flexibility index (Phi) is 2.88. The minimum Gasteiger partial charge on any atom is -0.324 e. The summed E-state index contributed by atoms with van der Waals surface area (Å²) >= 11 is 5.87. The predicted octanol–water partition coefficient (Wildman–Crippen LogP) is 3.77. The second-order valence-corrected chi connectivity index (χ2v) is 4.50. The molecule has 5 heteroatoms. The van der Waals surface area contributed by atoms with Crippen molar-refractivity contribution in [1.29, 1.82) is 0 Å². The van der Waals surface area contributed by atoms with Gasteiger partial charge in [-0.25, -0.2) is 0 Å². The third kappa shape index (κ3) is 2.33. The zero-order valence-corrected chi connectivity index (χ0v) is 9.15. The topological polar surface area (TPSA) is 26.0 Å². The minimum atomic E-state index is -4.34. The highest BCUT2D eigenvalue weighted by Crippen LogP contribution is 2.42. The third-order valence-electron chi connectivity index (χ3n) is 2.81. The highest BCUT2D eigenvalue weighted by atomic mass is 35.5. The van der Waals surface area contributed by atoms with Crippen molar-refractivity contribution in [3.8, 4) is 0 Å². The Morgan fingerprint density at radius 3 is 2.44 bits per heavy atom. The van der Waals surface area contributed by atoms with Crippen LogP contribution >= 0.6 is 11.6 Å². The van der Waals surface area contributed by atoms with Crippen LogP contribution in [0.1, 0.15) is 30.0 Å². The van der Waals surface area contributed by atoms with E-state index in [1.165, 1.54) is 6.07 Å². The molecule has 1 atom stereocenters. The first-order valence-corrected chi connectivity index (χ1v) is 5.39. The maximum Gasteiger partial charge on any atom is 0.416 e. The second kappa shape index (κ2) is 3.93. The molecule has 2 rings (SSSR count). The predicted molar refractivity (Wildman–Crippen MR) is 56.1 cm³/mol. The van der Waals surface area contributed by atoms with E-state index in [1.54, 1.807) is 0 Å². The van der Waals surface area contributed by atoms with Crippen LogP contribution in [0.3, 0.4) is 0 Å². The van der Waals surface area contributed by atoms with Gasteiger partial charge in [0.15, 0.2) is 0 Å². The van der Waals surface area contributed by atoms with E-state index in [9.17, 15) is 13.2 Å². The van der Waals surface area contributed by atoms with E-state index in [2.05, 4.69) is 0 Å². The summed E-state index contributed by atoms with van der Waals surface area (Å²) in [5.41, 5.74) is 5.57. The van der Waals surface area contributed by atoms with Crippen molar-refractivity contribution >= 4 is 11.6 Å². The SMILES string of the molecule is N[C@@H](c1cc(C(F)(F)F)ccc1Cl)C1CC1. The molecule has 16 heavy (non-hydrogen) atoms. The van der Waals surface area contributed by atoms with E-state index in [4.69, 9.17) is 17.3 Å². The van der Waals surface area contributed by atoms with E-state index in [1.807, 2.05) is 0 Å². The summed E-state index contributed by atoms with van der Waals surface area (Å²) in [5.74, 6) is 0.279. The molecule has 1 saturated carbocycles. The summed E-state index contributed by atoms with van der Waals surface area (Å²) in [6.45, 7) is 0. The molecule has 1 aromatic carbocycles. The Bertz CT molecular complexity index is 399. The molecule has 1 aliphatic rings. The van der Waals surface area contributed by atoms with Gasteiger partial charge in [0, 0.05) is 11.1 Å². The number of nitrogens with two attached hydrogens (primary N) is 1. The van der Waals surface area contributed by atoms with Crippen LogP contribution in [-0.4, -0.2) is 0 Å². The van der Waals surface area contributed by atoms with E-state index in [0.717, 1.165) is 25.0 Å². The Hall–Kier alpha value is -0.740. The van der Waals surface area contributed by atoms with Crippen LogP contribution in [-0.2, 0) is 6.18 Å². The van der Waals surface area contributed by atoms with E-state index >= 15 is 0 Å². The first-order valence-electron chi connectivity index (χ1n) is 5.02. The van der Waals surface area contributed by atoms with Gasteiger partial charge in [0.1, 0.15) is 0 Å². The maximum absolute atomic E-state index is 12.5. The first-order chi connectivity index (χ1) is 7.39. The molecule has 88 valence electrons. The van der Waals surface area contributed by atoms with Gasteiger partial charge in [0.2, 0.25) is 0 Å². The van der Waals surface area contributed by atoms with Crippen LogP contribution in [0.15, 0.2) is 18.2 Å². The normalized spacial score (nSPS) is 18.6. The zero-order valence-electron chi connectivity index (χ0n) is 8.39. The van der Waals surface area contributed by atoms with Crippen LogP contribution in [0, 0.1) is 5.92 Å². The van der Waals surface area contributed by atoms with Crippen molar-refractivity contribution in [3.63, 3.8) is 0 Å². The fourth-order valence-corrected chi connectivity index (χ4v) is 1.93. The van der Waals surface area contributed by atoms with Crippen LogP contribution in [0.25, 0.3) is 0 Å². The Labute approximate surface area is 96.4 Å². The van der Waals surface area contributed by atoms with E-state index < -0.39 is 11.7 Å². The zero-order chi connectivity index (χ0) is 11.9. The van der Waals surface area contributed by atoms with Crippen molar-refractivity contribution in [2.75, 3.05) is 0 Å². The molecular weight excluding hydrogens is 239 g/mol. The van der Waals surface area contributed by atoms with Gasteiger partial charge in [-0.05, 0) is 42.5 Å². The van der Waals surface area contributed by atoms with Gasteiger partial charge in [-0.2, -0.15) is 13.2 Å². The second-order valence-electron chi connectivity index (χ2n) is 4.10. The average molecular weight is 250 g/mol. The number of alkyl halides is 3. The van der Waals surface area contributed by atoms with Gasteiger partial charge in [-0.1, -0.05) is 11.6 Å². The lowest BCUT2D eigenvalue weighted by Gasteiger charge is -2.15. The molecule has 1 aromatic rings. The summed E-state index contributed by atoms with van der Waals surface area (Å²) in [5, 5.41) is 0.312. The van der Waals surface area contributed by atoms with Crippen LogP contribution in [0.4, 0.5) is 13.2 Å². The lowest BCUT2D eigenvalue weighted by atomic mass is 10.0. The molecule has 0 saturated heterocycles. The molecule has 1 aliphatic carbocycles. The van der Waals surface area contributed by atoms with Crippen LogP contribution in [0.5, 0.6) is 0 Å². The van der Waals surface area contributed by atoms with Gasteiger partial charge in [0.05, 0.1) is 5.56 Å². The number of benzene rings is 1. The van der Waals surface area contributed by atoms with Crippen molar-refractivity contribution in [2.45, 2.75) is 25.1 Å². The standard InChI is InChI=1S/C11H11ClF3N/c12-9-4-3-7(11(13,14)15)5-8(9)10(16)6-1-2-6/h3-6,10H,1-2,16H2/t10-/m1/s1. The number of rotatable bonds is 2. The minimum absolute atomic E-state index is 0.279. The van der Waals surface area contributed by atoms with Crippen LogP contribution < -0.4 is 5.73 Å². The van der Waals surface area contributed by atoms with Crippen LogP contribution in [0.2, 0.25) is 5.02 Å². The first kappa shape index (κ1) is 11.7. The van der Waals surface area contributed by atoms with Gasteiger partial charge in [-0.3, -0.25) is 0 Å². The van der Waals surface area contributed by atoms with E-state index in [0.29, 0.717) is 10.6 Å². The highest BCUT2D eigenvalue weighted by Gasteiger charge is 2.34. The number of hydrogen-bond acceptors (Lipinski definition) is 1. The van der Waals surface area contributed by atoms with Crippen molar-refractivity contribution < 1.29 is 13.2 Å². The molecular formula is C11H11ClF3N. The molecule has 0 unspecified atom stereocenters. The highest BCUT2D eigenvalue weighted by molar-refractivity contribution is 6.31. The third-order valence-corrected chi connectivity index (χ3v) is 3.16. The molecule has 0 bridgehead atoms. The monoisotopic (exact) mass is 249 g/mol. The number of halogens is 4. The Morgan fingerprint density at radius 2 is 1.94 bits per heavy atom. The Morgan fingerprint density at radius 1 is 1.31 bits per heavy atom. The molecule has 1 nitrogen and oxygen atoms in total. The lowest BCUT2D eigenvalue weighted by Crippen LogP contribution is -2.15. The summed E-state index contributed by atoms with van der Waals surface area (Å²) in [6, 6.07) is 2.92. The summed E-state index contributed by atoms with van der Waals surface area (Å²) in [7, 11) is 0. The number of hydrogen-bond donors (Lipinski definition) is 1. The molecule has 1 fully saturated rings. The average Bonchev–Trinajstić information content (AvgIpc) is 2.98. The van der Waals surface area contributed by atoms with E-state index in [-0.39, 0.29) is 12.0 Å². The molecule has 0 spiro atoms. The molecule has 0 amide bonds. The van der Waals surface area contributed by atoms with Gasteiger partial charge in [-0.15, -0.1) is 0 Å². The van der Waals surface area contributed by atoms with Crippen molar-refractivity contribution in [3.05, 3.63) is 34.3 Å². The summed E-state index contributed by atoms with van der Waals surface area (Å²) < 4.78 is 37.5. The van der Waals surface area contributed by atoms with Crippen molar-refractivity contribution in [2.24, 2.45) is 11.7 Å². The molecule has 0 aliphatic heterocycles. The Balaban J connectivity index is 2.36. The van der Waals surface area contributed by atoms with Gasteiger partial charge in [0.25, 0.3) is 0 Å². The fraction of sp³-hybridized carbons (Fsp3) is 0.455. The summed E-state index contributed by atoms with van der Waals surface area (Å²) in [6.07, 6.45) is -2.41. The van der Waals surface area contributed by atoms with Gasteiger partial charge < -0.3 is 5.73 Å². The lowest BCUT2D eigenvalue weighted by molar-refractivity contribution is -0.137. The molecule has 2 N–H and O–H groups in total. The quantitative estimate of drug-likeness (QED) is 0.848. The maximum atomic E-state index is 12.5. The molecule has 0 heterocycles. The largest absolute Gasteiger partial charge is 0.416 e. The molecule has 0 radical (unpaired) electrons. The van der Waals surface area contributed by atoms with Crippen molar-refractivity contribution in [1.82, 2.24) is 0 Å². The summed E-state index contributed by atoms with van der Waals surface area (Å²) in [4.78, 5) is 0. The smallest absolute Gasteiger partial charge is 0.324 e. The fourth-order valence-electron chi connectivity index (χ4n) is 1.68. The molecule has 0 aromatic heterocycles.